The van der Waals surface area contributed by atoms with E-state index in [1.165, 1.54) is 11.8 Å². The maximum atomic E-state index is 11.8. The van der Waals surface area contributed by atoms with E-state index in [-0.39, 0.29) is 30.3 Å². The van der Waals surface area contributed by atoms with Crippen molar-refractivity contribution in [1.82, 2.24) is 15.5 Å². The summed E-state index contributed by atoms with van der Waals surface area (Å²) in [5.74, 6) is 0.744. The molecule has 0 aromatic rings. The summed E-state index contributed by atoms with van der Waals surface area (Å²) in [7, 11) is 1.85. The van der Waals surface area contributed by atoms with E-state index in [0.717, 1.165) is 0 Å². The summed E-state index contributed by atoms with van der Waals surface area (Å²) < 4.78 is 5.19. The van der Waals surface area contributed by atoms with Crippen molar-refractivity contribution in [2.75, 3.05) is 51.4 Å². The third kappa shape index (κ3) is 7.94. The summed E-state index contributed by atoms with van der Waals surface area (Å²) in [5.41, 5.74) is 0. The number of hydrogen-bond donors (Lipinski definition) is 2. The van der Waals surface area contributed by atoms with Gasteiger partial charge in [0.1, 0.15) is 0 Å². The minimum Gasteiger partial charge on any atom is -0.378 e. The number of nitrogens with one attached hydrogen (secondary N) is 2. The van der Waals surface area contributed by atoms with E-state index in [1.807, 2.05) is 14.0 Å². The van der Waals surface area contributed by atoms with Gasteiger partial charge in [-0.25, -0.2) is 0 Å². The fourth-order valence-electron chi connectivity index (χ4n) is 1.56. The molecule has 2 N–H and O–H groups in total. The molecule has 0 spiro atoms. The lowest BCUT2D eigenvalue weighted by atomic mass is 10.3. The second kappa shape index (κ2) is 11.2. The SMILES string of the molecule is CNC(C)CNC(=O)CSCC(=O)N1CCOCC1.Cl. The molecular weight excluding hydrogens is 302 g/mol. The van der Waals surface area contributed by atoms with Gasteiger partial charge in [0.15, 0.2) is 0 Å². The van der Waals surface area contributed by atoms with Crippen molar-refractivity contribution in [1.29, 1.82) is 0 Å². The quantitative estimate of drug-likeness (QED) is 0.674. The Labute approximate surface area is 130 Å². The molecule has 0 bridgehead atoms. The molecule has 1 aliphatic heterocycles. The minimum atomic E-state index is -0.0260. The number of amides is 2. The van der Waals surface area contributed by atoms with Gasteiger partial charge in [-0.15, -0.1) is 24.2 Å². The van der Waals surface area contributed by atoms with Gasteiger partial charge in [-0.05, 0) is 14.0 Å². The molecule has 1 atom stereocenters. The average molecular weight is 326 g/mol. The molecule has 0 radical (unpaired) electrons. The van der Waals surface area contributed by atoms with Gasteiger partial charge in [0.2, 0.25) is 11.8 Å². The van der Waals surface area contributed by atoms with Crippen LogP contribution in [-0.4, -0.2) is 74.2 Å². The summed E-state index contributed by atoms with van der Waals surface area (Å²) >= 11 is 1.36. The van der Waals surface area contributed by atoms with Crippen molar-refractivity contribution >= 4 is 36.0 Å². The Morgan fingerprint density at radius 2 is 1.95 bits per heavy atom. The topological polar surface area (TPSA) is 70.7 Å². The van der Waals surface area contributed by atoms with Gasteiger partial charge in [-0.2, -0.15) is 0 Å². The fraction of sp³-hybridized carbons (Fsp3) is 0.833. The molecular formula is C12H24ClN3O3S. The average Bonchev–Trinajstić information content (AvgIpc) is 2.45. The molecule has 1 fully saturated rings. The van der Waals surface area contributed by atoms with Crippen LogP contribution < -0.4 is 10.6 Å². The summed E-state index contributed by atoms with van der Waals surface area (Å²) in [4.78, 5) is 25.1. The lowest BCUT2D eigenvalue weighted by molar-refractivity contribution is -0.132. The maximum absolute atomic E-state index is 11.8. The van der Waals surface area contributed by atoms with Crippen LogP contribution in [0, 0.1) is 0 Å². The van der Waals surface area contributed by atoms with Gasteiger partial charge >= 0.3 is 0 Å². The molecule has 1 aliphatic rings. The van der Waals surface area contributed by atoms with Crippen molar-refractivity contribution in [3.63, 3.8) is 0 Å². The molecule has 0 aromatic heterocycles. The van der Waals surface area contributed by atoms with Crippen LogP contribution in [0.3, 0.4) is 0 Å². The van der Waals surface area contributed by atoms with Crippen LogP contribution in [0.5, 0.6) is 0 Å². The first-order valence-electron chi connectivity index (χ1n) is 6.50. The molecule has 0 aliphatic carbocycles. The molecule has 118 valence electrons. The number of thioether (sulfide) groups is 1. The Kier molecular flexibility index (Phi) is 10.9. The Morgan fingerprint density at radius 3 is 2.55 bits per heavy atom. The Morgan fingerprint density at radius 1 is 1.30 bits per heavy atom. The number of halogens is 1. The number of carbonyl (C=O) groups excluding carboxylic acids is 2. The van der Waals surface area contributed by atoms with Crippen molar-refractivity contribution in [3.8, 4) is 0 Å². The highest BCUT2D eigenvalue weighted by Gasteiger charge is 2.16. The fourth-order valence-corrected chi connectivity index (χ4v) is 2.30. The predicted molar refractivity (Wildman–Crippen MR) is 83.5 cm³/mol. The number of nitrogens with zero attached hydrogens (tertiary/aromatic N) is 1. The molecule has 2 amide bonds. The van der Waals surface area contributed by atoms with E-state index >= 15 is 0 Å². The number of carbonyl (C=O) groups is 2. The second-order valence-corrected chi connectivity index (χ2v) is 5.47. The highest BCUT2D eigenvalue weighted by atomic mass is 35.5. The smallest absolute Gasteiger partial charge is 0.232 e. The number of rotatable bonds is 7. The third-order valence-electron chi connectivity index (χ3n) is 2.92. The number of ether oxygens (including phenoxy) is 1. The number of morpholine rings is 1. The van der Waals surface area contributed by atoms with E-state index in [2.05, 4.69) is 10.6 Å². The van der Waals surface area contributed by atoms with E-state index in [4.69, 9.17) is 4.74 Å². The van der Waals surface area contributed by atoms with Gasteiger partial charge in [-0.3, -0.25) is 9.59 Å². The van der Waals surface area contributed by atoms with Crippen LogP contribution in [0.15, 0.2) is 0 Å². The van der Waals surface area contributed by atoms with E-state index in [1.54, 1.807) is 4.90 Å². The highest BCUT2D eigenvalue weighted by molar-refractivity contribution is 8.00. The zero-order valence-electron chi connectivity index (χ0n) is 12.0. The molecule has 1 rings (SSSR count). The maximum Gasteiger partial charge on any atom is 0.232 e. The van der Waals surface area contributed by atoms with Gasteiger partial charge in [0, 0.05) is 25.7 Å². The Bertz CT molecular complexity index is 302. The molecule has 1 unspecified atom stereocenters. The van der Waals surface area contributed by atoms with Gasteiger partial charge < -0.3 is 20.3 Å². The van der Waals surface area contributed by atoms with Gasteiger partial charge in [0.05, 0.1) is 24.7 Å². The summed E-state index contributed by atoms with van der Waals surface area (Å²) in [6.07, 6.45) is 0. The molecule has 1 heterocycles. The monoisotopic (exact) mass is 325 g/mol. The largest absolute Gasteiger partial charge is 0.378 e. The number of likely N-dealkylation sites (N-methyl/N-ethyl adjacent to an activating group) is 1. The lowest BCUT2D eigenvalue weighted by Crippen LogP contribution is -2.42. The molecule has 0 aromatic carbocycles. The molecule has 1 saturated heterocycles. The zero-order chi connectivity index (χ0) is 14.1. The predicted octanol–water partition coefficient (Wildman–Crippen LogP) is -0.276. The van der Waals surface area contributed by atoms with Crippen LogP contribution in [-0.2, 0) is 14.3 Å². The van der Waals surface area contributed by atoms with Crippen LogP contribution in [0.4, 0.5) is 0 Å². The van der Waals surface area contributed by atoms with Crippen LogP contribution in [0.2, 0.25) is 0 Å². The van der Waals surface area contributed by atoms with Gasteiger partial charge in [-0.1, -0.05) is 0 Å². The van der Waals surface area contributed by atoms with Crippen molar-refractivity contribution < 1.29 is 14.3 Å². The summed E-state index contributed by atoms with van der Waals surface area (Å²) in [6.45, 7) is 5.14. The van der Waals surface area contributed by atoms with Crippen LogP contribution in [0.1, 0.15) is 6.92 Å². The van der Waals surface area contributed by atoms with E-state index in [0.29, 0.717) is 44.4 Å². The van der Waals surface area contributed by atoms with E-state index in [9.17, 15) is 9.59 Å². The summed E-state index contributed by atoms with van der Waals surface area (Å²) in [6, 6.07) is 0.254. The Balaban J connectivity index is 0.00000361. The first kappa shape index (κ1) is 19.5. The normalized spacial score (nSPS) is 16.2. The second-order valence-electron chi connectivity index (χ2n) is 4.48. The van der Waals surface area contributed by atoms with Crippen LogP contribution in [0.25, 0.3) is 0 Å². The summed E-state index contributed by atoms with van der Waals surface area (Å²) in [5, 5.41) is 5.86. The number of hydrogen-bond acceptors (Lipinski definition) is 5. The standard InChI is InChI=1S/C12H23N3O3S.ClH/c1-10(13-2)7-14-11(16)8-19-9-12(17)15-3-5-18-6-4-15;/h10,13H,3-9H2,1-2H3,(H,14,16);1H. The van der Waals surface area contributed by atoms with Gasteiger partial charge in [0.25, 0.3) is 0 Å². The first-order chi connectivity index (χ1) is 9.13. The molecule has 0 saturated carbocycles. The lowest BCUT2D eigenvalue weighted by Gasteiger charge is -2.26. The molecule has 20 heavy (non-hydrogen) atoms. The third-order valence-corrected chi connectivity index (χ3v) is 3.84. The molecule has 8 heteroatoms. The van der Waals surface area contributed by atoms with Crippen LogP contribution >= 0.6 is 24.2 Å². The first-order valence-corrected chi connectivity index (χ1v) is 7.66. The zero-order valence-corrected chi connectivity index (χ0v) is 13.6. The minimum absolute atomic E-state index is 0. The van der Waals surface area contributed by atoms with E-state index < -0.39 is 0 Å². The Hall–Kier alpha value is -0.500. The molecule has 6 nitrogen and oxygen atoms in total. The van der Waals surface area contributed by atoms with Crippen molar-refractivity contribution in [3.05, 3.63) is 0 Å². The van der Waals surface area contributed by atoms with Crippen molar-refractivity contribution in [2.24, 2.45) is 0 Å². The van der Waals surface area contributed by atoms with Crippen molar-refractivity contribution in [2.45, 2.75) is 13.0 Å². The highest BCUT2D eigenvalue weighted by Crippen LogP contribution is 2.04.